The van der Waals surface area contributed by atoms with Gasteiger partial charge in [0.2, 0.25) is 0 Å². The predicted octanol–water partition coefficient (Wildman–Crippen LogP) is 2.70. The van der Waals surface area contributed by atoms with Crippen LogP contribution in [0.2, 0.25) is 0 Å². The fourth-order valence-corrected chi connectivity index (χ4v) is 3.57. The number of phenolic OH excluding ortho intramolecular Hbond substituents is 1. The van der Waals surface area contributed by atoms with Crippen LogP contribution in [-0.4, -0.2) is 59.3 Å². The van der Waals surface area contributed by atoms with Gasteiger partial charge < -0.3 is 25.3 Å². The maximum Gasteiger partial charge on any atom is 0.317 e. The second kappa shape index (κ2) is 9.82. The van der Waals surface area contributed by atoms with Crippen LogP contribution in [0.5, 0.6) is 5.75 Å². The molecule has 2 aromatic carbocycles. The lowest BCUT2D eigenvalue weighted by atomic mass is 10.0. The zero-order valence-electron chi connectivity index (χ0n) is 16.3. The van der Waals surface area contributed by atoms with Gasteiger partial charge in [0.05, 0.1) is 5.69 Å². The molecule has 1 heterocycles. The van der Waals surface area contributed by atoms with Crippen LogP contribution in [0.25, 0.3) is 0 Å². The molecule has 7 nitrogen and oxygen atoms in total. The monoisotopic (exact) mass is 397 g/mol. The van der Waals surface area contributed by atoms with Crippen LogP contribution < -0.4 is 10.2 Å². The van der Waals surface area contributed by atoms with Crippen molar-refractivity contribution in [2.75, 3.05) is 31.1 Å². The number of hydrogen-bond acceptors (Lipinski definition) is 4. The van der Waals surface area contributed by atoms with Crippen LogP contribution in [0.3, 0.4) is 0 Å². The van der Waals surface area contributed by atoms with E-state index in [2.05, 4.69) is 10.2 Å². The summed E-state index contributed by atoms with van der Waals surface area (Å²) in [5.41, 5.74) is 1.84. The lowest BCUT2D eigenvalue weighted by Gasteiger charge is -2.37. The fraction of sp³-hybridized carbons (Fsp3) is 0.364. The van der Waals surface area contributed by atoms with Gasteiger partial charge in [-0.3, -0.25) is 4.79 Å². The van der Waals surface area contributed by atoms with E-state index in [-0.39, 0.29) is 24.2 Å². The highest BCUT2D eigenvalue weighted by Gasteiger charge is 2.24. The predicted molar refractivity (Wildman–Crippen MR) is 111 cm³/mol. The first-order valence-corrected chi connectivity index (χ1v) is 9.87. The van der Waals surface area contributed by atoms with Gasteiger partial charge in [-0.1, -0.05) is 42.5 Å². The molecule has 7 heteroatoms. The van der Waals surface area contributed by atoms with Crippen LogP contribution in [0.1, 0.15) is 18.4 Å². The van der Waals surface area contributed by atoms with Gasteiger partial charge in [-0.2, -0.15) is 0 Å². The average molecular weight is 397 g/mol. The number of piperazine rings is 1. The molecule has 1 fully saturated rings. The Balaban J connectivity index is 1.56. The zero-order valence-corrected chi connectivity index (χ0v) is 16.3. The van der Waals surface area contributed by atoms with Crippen molar-refractivity contribution in [1.82, 2.24) is 10.2 Å². The molecule has 1 aliphatic rings. The molecule has 2 aromatic rings. The number of nitrogens with zero attached hydrogens (tertiary/aromatic N) is 2. The Morgan fingerprint density at radius 3 is 2.28 bits per heavy atom. The van der Waals surface area contributed by atoms with Crippen LogP contribution >= 0.6 is 0 Å². The third-order valence-corrected chi connectivity index (χ3v) is 5.15. The van der Waals surface area contributed by atoms with Gasteiger partial charge in [0, 0.05) is 38.6 Å². The number of urea groups is 1. The number of carboxylic acid groups (broad SMARTS) is 1. The number of hydrogen-bond donors (Lipinski definition) is 3. The molecule has 0 spiro atoms. The number of carboxylic acids is 1. The van der Waals surface area contributed by atoms with Crippen LogP contribution in [-0.2, 0) is 11.2 Å². The quantitative estimate of drug-likeness (QED) is 0.668. The maximum atomic E-state index is 12.8. The Morgan fingerprint density at radius 1 is 0.966 bits per heavy atom. The van der Waals surface area contributed by atoms with Gasteiger partial charge in [-0.15, -0.1) is 0 Å². The number of carbonyl (C=O) groups is 2. The molecule has 3 N–H and O–H groups in total. The van der Waals surface area contributed by atoms with Gasteiger partial charge >= 0.3 is 12.0 Å². The smallest absolute Gasteiger partial charge is 0.317 e. The molecule has 154 valence electrons. The number of phenols is 1. The van der Waals surface area contributed by atoms with E-state index < -0.39 is 5.97 Å². The third kappa shape index (κ3) is 5.88. The highest BCUT2D eigenvalue weighted by molar-refractivity contribution is 5.75. The van der Waals surface area contributed by atoms with E-state index >= 15 is 0 Å². The molecule has 3 rings (SSSR count). The summed E-state index contributed by atoms with van der Waals surface area (Å²) in [4.78, 5) is 27.6. The molecule has 29 heavy (non-hydrogen) atoms. The normalized spacial score (nSPS) is 15.0. The second-order valence-electron chi connectivity index (χ2n) is 7.23. The first kappa shape index (κ1) is 20.5. The molecule has 1 aliphatic heterocycles. The number of aromatic hydroxyl groups is 1. The molecule has 1 unspecified atom stereocenters. The van der Waals surface area contributed by atoms with Gasteiger partial charge in [0.1, 0.15) is 5.75 Å². The van der Waals surface area contributed by atoms with Crippen LogP contribution in [0.4, 0.5) is 10.5 Å². The average Bonchev–Trinajstić information content (AvgIpc) is 2.73. The molecule has 0 bridgehead atoms. The Kier molecular flexibility index (Phi) is 6.94. The second-order valence-corrected chi connectivity index (χ2v) is 7.23. The van der Waals surface area contributed by atoms with E-state index in [1.165, 1.54) is 0 Å². The summed E-state index contributed by atoms with van der Waals surface area (Å²) in [6.07, 6.45) is 0.990. The Hall–Kier alpha value is -3.22. The molecule has 0 aliphatic carbocycles. The van der Waals surface area contributed by atoms with Gasteiger partial charge in [0.25, 0.3) is 0 Å². The molecule has 2 amide bonds. The summed E-state index contributed by atoms with van der Waals surface area (Å²) in [7, 11) is 0. The van der Waals surface area contributed by atoms with Gasteiger partial charge in [-0.25, -0.2) is 4.79 Å². The minimum absolute atomic E-state index is 0.0127. The highest BCUT2D eigenvalue weighted by atomic mass is 16.4. The summed E-state index contributed by atoms with van der Waals surface area (Å²) in [5, 5.41) is 22.1. The molecular formula is C22H27N3O4. The third-order valence-electron chi connectivity index (χ3n) is 5.15. The lowest BCUT2D eigenvalue weighted by molar-refractivity contribution is -0.137. The Labute approximate surface area is 170 Å². The molecular weight excluding hydrogens is 370 g/mol. The van der Waals surface area contributed by atoms with Crippen molar-refractivity contribution in [3.8, 4) is 5.75 Å². The summed E-state index contributed by atoms with van der Waals surface area (Å²) >= 11 is 0. The lowest BCUT2D eigenvalue weighted by Crippen LogP contribution is -2.53. The standard InChI is InChI=1S/C22H27N3O4/c26-20-9-5-4-8-19(20)24-12-14-25(15-13-24)22(29)23-18(10-11-21(27)28)16-17-6-2-1-3-7-17/h1-9,18,26H,10-16H2,(H,23,29)(H,27,28). The number of nitrogens with one attached hydrogen (secondary N) is 1. The van der Waals surface area contributed by atoms with Crippen molar-refractivity contribution in [3.63, 3.8) is 0 Å². The number of benzene rings is 2. The SMILES string of the molecule is O=C(O)CCC(Cc1ccccc1)NC(=O)N1CCN(c2ccccc2O)CC1. The zero-order chi connectivity index (χ0) is 20.6. The van der Waals surface area contributed by atoms with Crippen molar-refractivity contribution in [2.24, 2.45) is 0 Å². The van der Waals surface area contributed by atoms with Crippen molar-refractivity contribution < 1.29 is 19.8 Å². The van der Waals surface area contributed by atoms with Gasteiger partial charge in [-0.05, 0) is 30.5 Å². The summed E-state index contributed by atoms with van der Waals surface area (Å²) in [6.45, 7) is 2.33. The van der Waals surface area contributed by atoms with E-state index in [9.17, 15) is 14.7 Å². The Bertz CT molecular complexity index is 820. The molecule has 0 radical (unpaired) electrons. The first-order chi connectivity index (χ1) is 14.0. The van der Waals surface area contributed by atoms with Crippen molar-refractivity contribution in [2.45, 2.75) is 25.3 Å². The minimum atomic E-state index is -0.867. The number of para-hydroxylation sites is 2. The topological polar surface area (TPSA) is 93.1 Å². The number of carbonyl (C=O) groups excluding carboxylic acids is 1. The molecule has 1 saturated heterocycles. The number of aliphatic carboxylic acids is 1. The van der Waals surface area contributed by atoms with Crippen molar-refractivity contribution in [3.05, 3.63) is 60.2 Å². The highest BCUT2D eigenvalue weighted by Crippen LogP contribution is 2.27. The number of rotatable bonds is 7. The van der Waals surface area contributed by atoms with Crippen LogP contribution in [0.15, 0.2) is 54.6 Å². The van der Waals surface area contributed by atoms with E-state index in [0.29, 0.717) is 39.0 Å². The molecule has 0 saturated carbocycles. The van der Waals surface area contributed by atoms with Crippen molar-refractivity contribution >= 4 is 17.7 Å². The minimum Gasteiger partial charge on any atom is -0.506 e. The number of amides is 2. The van der Waals surface area contributed by atoms with E-state index in [1.54, 1.807) is 17.0 Å². The fourth-order valence-electron chi connectivity index (χ4n) is 3.57. The molecule has 0 aromatic heterocycles. The first-order valence-electron chi connectivity index (χ1n) is 9.87. The van der Waals surface area contributed by atoms with Crippen LogP contribution in [0, 0.1) is 0 Å². The van der Waals surface area contributed by atoms with Crippen molar-refractivity contribution in [1.29, 1.82) is 0 Å². The van der Waals surface area contributed by atoms with E-state index in [4.69, 9.17) is 5.11 Å². The number of anilines is 1. The molecule has 1 atom stereocenters. The largest absolute Gasteiger partial charge is 0.506 e. The van der Waals surface area contributed by atoms with E-state index in [0.717, 1.165) is 11.3 Å². The summed E-state index contributed by atoms with van der Waals surface area (Å²) < 4.78 is 0. The summed E-state index contributed by atoms with van der Waals surface area (Å²) in [6, 6.07) is 16.5. The Morgan fingerprint density at radius 2 is 1.62 bits per heavy atom. The summed E-state index contributed by atoms with van der Waals surface area (Å²) in [5.74, 6) is -0.629. The maximum absolute atomic E-state index is 12.8. The van der Waals surface area contributed by atoms with E-state index in [1.807, 2.05) is 42.5 Å². The van der Waals surface area contributed by atoms with Gasteiger partial charge in [0.15, 0.2) is 0 Å².